The van der Waals surface area contributed by atoms with Crippen LogP contribution in [0.5, 0.6) is 0 Å². The van der Waals surface area contributed by atoms with E-state index in [1.807, 2.05) is 11.3 Å². The highest BCUT2D eigenvalue weighted by Crippen LogP contribution is 2.23. The number of nitrogens with one attached hydrogen (secondary N) is 1. The molecule has 21 heavy (non-hydrogen) atoms. The molecule has 5 heteroatoms. The predicted molar refractivity (Wildman–Crippen MR) is 86.5 cm³/mol. The normalized spacial score (nSPS) is 27.7. The molecule has 0 amide bonds. The van der Waals surface area contributed by atoms with Crippen molar-refractivity contribution in [1.29, 1.82) is 0 Å². The standard InChI is InChI=1S/C16H26N4S/c1-2-7-20(6-1)15-5-8-19(11-15)10-14-12-21-16(18-14)9-17-13-3-4-13/h12-13,15,17H,1-11H2. The van der Waals surface area contributed by atoms with Gasteiger partial charge in [-0.05, 0) is 45.2 Å². The zero-order chi connectivity index (χ0) is 14.1. The number of aromatic nitrogens is 1. The van der Waals surface area contributed by atoms with Crippen LogP contribution in [0.15, 0.2) is 5.38 Å². The van der Waals surface area contributed by atoms with Crippen LogP contribution < -0.4 is 5.32 Å². The highest BCUT2D eigenvalue weighted by Gasteiger charge is 2.29. The minimum Gasteiger partial charge on any atom is -0.308 e. The largest absolute Gasteiger partial charge is 0.308 e. The molecule has 2 saturated heterocycles. The van der Waals surface area contributed by atoms with Gasteiger partial charge in [0.15, 0.2) is 0 Å². The minimum atomic E-state index is 0.775. The molecule has 1 saturated carbocycles. The van der Waals surface area contributed by atoms with Crippen molar-refractivity contribution in [2.24, 2.45) is 0 Å². The zero-order valence-corrected chi connectivity index (χ0v) is 13.6. The fraction of sp³-hybridized carbons (Fsp3) is 0.812. The molecule has 1 aromatic rings. The predicted octanol–water partition coefficient (Wildman–Crippen LogP) is 2.07. The number of thiazole rings is 1. The van der Waals surface area contributed by atoms with Crippen LogP contribution in [0.3, 0.4) is 0 Å². The molecule has 3 aliphatic rings. The van der Waals surface area contributed by atoms with Gasteiger partial charge in [0, 0.05) is 43.6 Å². The van der Waals surface area contributed by atoms with E-state index in [1.54, 1.807) is 0 Å². The van der Waals surface area contributed by atoms with Gasteiger partial charge < -0.3 is 5.32 Å². The van der Waals surface area contributed by atoms with E-state index in [2.05, 4.69) is 20.5 Å². The lowest BCUT2D eigenvalue weighted by molar-refractivity contribution is 0.229. The molecule has 1 unspecified atom stereocenters. The second-order valence-corrected chi connectivity index (χ2v) is 7.75. The van der Waals surface area contributed by atoms with Gasteiger partial charge in [-0.2, -0.15) is 0 Å². The van der Waals surface area contributed by atoms with E-state index in [0.717, 1.165) is 25.2 Å². The Balaban J connectivity index is 1.25. The Hall–Kier alpha value is -0.490. The molecule has 1 aromatic heterocycles. The van der Waals surface area contributed by atoms with E-state index in [0.29, 0.717) is 0 Å². The first-order chi connectivity index (χ1) is 10.4. The van der Waals surface area contributed by atoms with Crippen LogP contribution in [-0.2, 0) is 13.1 Å². The van der Waals surface area contributed by atoms with Crippen molar-refractivity contribution < 1.29 is 0 Å². The molecular formula is C16H26N4S. The molecular weight excluding hydrogens is 280 g/mol. The molecule has 0 bridgehead atoms. The average Bonchev–Trinajstić information content (AvgIpc) is 2.93. The third-order valence-corrected chi connectivity index (χ3v) is 5.91. The van der Waals surface area contributed by atoms with E-state index in [-0.39, 0.29) is 0 Å². The molecule has 4 rings (SSSR count). The van der Waals surface area contributed by atoms with Crippen LogP contribution in [0.4, 0.5) is 0 Å². The van der Waals surface area contributed by atoms with Gasteiger partial charge in [-0.25, -0.2) is 4.98 Å². The number of nitrogens with zero attached hydrogens (tertiary/aromatic N) is 3. The van der Waals surface area contributed by atoms with Gasteiger partial charge in [-0.15, -0.1) is 11.3 Å². The second-order valence-electron chi connectivity index (χ2n) is 6.81. The number of hydrogen-bond donors (Lipinski definition) is 1. The van der Waals surface area contributed by atoms with Gasteiger partial charge in [-0.3, -0.25) is 9.80 Å². The van der Waals surface area contributed by atoms with Crippen molar-refractivity contribution in [3.8, 4) is 0 Å². The lowest BCUT2D eigenvalue weighted by Gasteiger charge is -2.23. The van der Waals surface area contributed by atoms with E-state index < -0.39 is 0 Å². The van der Waals surface area contributed by atoms with Crippen molar-refractivity contribution in [2.45, 2.75) is 57.3 Å². The maximum Gasteiger partial charge on any atom is 0.107 e. The summed E-state index contributed by atoms with van der Waals surface area (Å²) >= 11 is 1.82. The van der Waals surface area contributed by atoms with E-state index in [4.69, 9.17) is 4.98 Å². The maximum atomic E-state index is 4.80. The molecule has 1 aliphatic carbocycles. The lowest BCUT2D eigenvalue weighted by atomic mass is 10.2. The summed E-state index contributed by atoms with van der Waals surface area (Å²) in [4.78, 5) is 10.1. The summed E-state index contributed by atoms with van der Waals surface area (Å²) in [6.45, 7) is 7.15. The number of hydrogen-bond acceptors (Lipinski definition) is 5. The molecule has 3 heterocycles. The van der Waals surface area contributed by atoms with Crippen LogP contribution >= 0.6 is 11.3 Å². The summed E-state index contributed by atoms with van der Waals surface area (Å²) in [5, 5.41) is 7.07. The molecule has 3 fully saturated rings. The van der Waals surface area contributed by atoms with Crippen molar-refractivity contribution in [1.82, 2.24) is 20.1 Å². The third kappa shape index (κ3) is 3.65. The van der Waals surface area contributed by atoms with E-state index in [9.17, 15) is 0 Å². The quantitative estimate of drug-likeness (QED) is 0.872. The zero-order valence-electron chi connectivity index (χ0n) is 12.8. The summed E-state index contributed by atoms with van der Waals surface area (Å²) in [5.41, 5.74) is 1.27. The molecule has 0 radical (unpaired) electrons. The van der Waals surface area contributed by atoms with Crippen LogP contribution in [0.1, 0.15) is 42.8 Å². The number of rotatable bonds is 6. The highest BCUT2D eigenvalue weighted by molar-refractivity contribution is 7.09. The smallest absolute Gasteiger partial charge is 0.107 e. The van der Waals surface area contributed by atoms with Crippen LogP contribution in [0, 0.1) is 0 Å². The van der Waals surface area contributed by atoms with Gasteiger partial charge in [-0.1, -0.05) is 0 Å². The summed E-state index contributed by atoms with van der Waals surface area (Å²) in [6.07, 6.45) is 6.86. The molecule has 0 spiro atoms. The Morgan fingerprint density at radius 3 is 2.86 bits per heavy atom. The summed E-state index contributed by atoms with van der Waals surface area (Å²) in [7, 11) is 0. The van der Waals surface area contributed by atoms with Gasteiger partial charge in [0.25, 0.3) is 0 Å². The summed E-state index contributed by atoms with van der Waals surface area (Å²) in [6, 6.07) is 1.58. The molecule has 1 atom stereocenters. The Labute approximate surface area is 131 Å². The van der Waals surface area contributed by atoms with Crippen LogP contribution in [-0.4, -0.2) is 53.0 Å². The number of likely N-dealkylation sites (tertiary alicyclic amines) is 2. The van der Waals surface area contributed by atoms with Gasteiger partial charge in [0.1, 0.15) is 5.01 Å². The Kier molecular flexibility index (Phi) is 4.25. The van der Waals surface area contributed by atoms with Gasteiger partial charge >= 0.3 is 0 Å². The summed E-state index contributed by atoms with van der Waals surface area (Å²) in [5.74, 6) is 0. The molecule has 116 valence electrons. The molecule has 4 nitrogen and oxygen atoms in total. The average molecular weight is 306 g/mol. The van der Waals surface area contributed by atoms with Crippen molar-refractivity contribution in [3.05, 3.63) is 16.1 Å². The first-order valence-electron chi connectivity index (χ1n) is 8.50. The molecule has 0 aromatic carbocycles. The lowest BCUT2D eigenvalue weighted by Crippen LogP contribution is -2.35. The van der Waals surface area contributed by atoms with E-state index >= 15 is 0 Å². The Morgan fingerprint density at radius 1 is 1.19 bits per heavy atom. The van der Waals surface area contributed by atoms with Gasteiger partial charge in [0.2, 0.25) is 0 Å². The topological polar surface area (TPSA) is 31.4 Å². The Bertz CT molecular complexity index is 465. The minimum absolute atomic E-state index is 0.775. The van der Waals surface area contributed by atoms with E-state index in [1.165, 1.54) is 69.0 Å². The SMILES string of the molecule is c1sc(CNC2CC2)nc1CN1CCC(N2CCCC2)C1. The fourth-order valence-corrected chi connectivity index (χ4v) is 4.35. The highest BCUT2D eigenvalue weighted by atomic mass is 32.1. The molecule has 2 aliphatic heterocycles. The van der Waals surface area contributed by atoms with Gasteiger partial charge in [0.05, 0.1) is 5.69 Å². The van der Waals surface area contributed by atoms with Crippen molar-refractivity contribution in [3.63, 3.8) is 0 Å². The maximum absolute atomic E-state index is 4.80. The van der Waals surface area contributed by atoms with Crippen LogP contribution in [0.2, 0.25) is 0 Å². The van der Waals surface area contributed by atoms with Crippen LogP contribution in [0.25, 0.3) is 0 Å². The van der Waals surface area contributed by atoms with Crippen molar-refractivity contribution in [2.75, 3.05) is 26.2 Å². The second kappa shape index (κ2) is 6.32. The Morgan fingerprint density at radius 2 is 2.05 bits per heavy atom. The van der Waals surface area contributed by atoms with Crippen molar-refractivity contribution >= 4 is 11.3 Å². The fourth-order valence-electron chi connectivity index (χ4n) is 3.61. The monoisotopic (exact) mass is 306 g/mol. The molecule has 1 N–H and O–H groups in total. The first-order valence-corrected chi connectivity index (χ1v) is 9.38. The first kappa shape index (κ1) is 14.1. The third-order valence-electron chi connectivity index (χ3n) is 5.01. The summed E-state index contributed by atoms with van der Waals surface area (Å²) < 4.78 is 0.